The third kappa shape index (κ3) is 3.62. The second-order valence-corrected chi connectivity index (χ2v) is 3.56. The Hall–Kier alpha value is -1.42. The maximum absolute atomic E-state index is 13.5. The van der Waals surface area contributed by atoms with Crippen molar-refractivity contribution in [2.45, 2.75) is 13.5 Å². The molecular formula is C12H16FNO2. The van der Waals surface area contributed by atoms with Gasteiger partial charge in [0, 0.05) is 6.54 Å². The topological polar surface area (TPSA) is 29.5 Å². The Morgan fingerprint density at radius 2 is 2.25 bits per heavy atom. The van der Waals surface area contributed by atoms with Crippen LogP contribution in [0.5, 0.6) is 5.75 Å². The molecule has 1 rings (SSSR count). The van der Waals surface area contributed by atoms with E-state index in [1.54, 1.807) is 12.1 Å². The molecule has 0 heterocycles. The molecule has 0 saturated carbocycles. The first-order valence-electron chi connectivity index (χ1n) is 5.20. The molecule has 0 aliphatic carbocycles. The molecular weight excluding hydrogens is 209 g/mol. The summed E-state index contributed by atoms with van der Waals surface area (Å²) in [7, 11) is 1.81. The average molecular weight is 225 g/mol. The molecule has 4 heteroatoms. The number of ether oxygens (including phenoxy) is 1. The monoisotopic (exact) mass is 225 g/mol. The molecule has 3 nitrogen and oxygen atoms in total. The van der Waals surface area contributed by atoms with Crippen molar-refractivity contribution in [2.75, 3.05) is 20.2 Å². The van der Waals surface area contributed by atoms with Gasteiger partial charge in [-0.05, 0) is 31.7 Å². The van der Waals surface area contributed by atoms with Gasteiger partial charge in [-0.2, -0.15) is 0 Å². The average Bonchev–Trinajstić information content (AvgIpc) is 2.22. The van der Waals surface area contributed by atoms with Crippen molar-refractivity contribution in [1.82, 2.24) is 4.90 Å². The largest absolute Gasteiger partial charge is 0.491 e. The van der Waals surface area contributed by atoms with Crippen molar-refractivity contribution in [1.29, 1.82) is 0 Å². The molecule has 0 aliphatic heterocycles. The minimum absolute atomic E-state index is 0.268. The number of halogens is 1. The molecule has 88 valence electrons. The van der Waals surface area contributed by atoms with Crippen LogP contribution >= 0.6 is 0 Å². The van der Waals surface area contributed by atoms with E-state index in [4.69, 9.17) is 4.74 Å². The van der Waals surface area contributed by atoms with Gasteiger partial charge in [0.25, 0.3) is 0 Å². The Bertz CT molecular complexity index is 355. The zero-order chi connectivity index (χ0) is 12.0. The summed E-state index contributed by atoms with van der Waals surface area (Å²) in [5, 5.41) is 0. The quantitative estimate of drug-likeness (QED) is 0.692. The highest BCUT2D eigenvalue weighted by atomic mass is 19.1. The van der Waals surface area contributed by atoms with Gasteiger partial charge < -0.3 is 9.53 Å². The second-order valence-electron chi connectivity index (χ2n) is 3.56. The van der Waals surface area contributed by atoms with Gasteiger partial charge in [0.2, 0.25) is 0 Å². The maximum Gasteiger partial charge on any atom is 0.165 e. The fourth-order valence-corrected chi connectivity index (χ4v) is 1.42. The molecule has 16 heavy (non-hydrogen) atoms. The van der Waals surface area contributed by atoms with Crippen molar-refractivity contribution in [3.63, 3.8) is 0 Å². The molecule has 1 aromatic rings. The number of benzene rings is 1. The minimum atomic E-state index is -0.362. The molecule has 0 fully saturated rings. The number of carbonyl (C=O) groups is 1. The summed E-state index contributed by atoms with van der Waals surface area (Å²) >= 11 is 0. The number of likely N-dealkylation sites (N-methyl/N-ethyl adjacent to an activating group) is 1. The van der Waals surface area contributed by atoms with Crippen LogP contribution in [0, 0.1) is 5.82 Å². The number of nitrogens with zero attached hydrogens (tertiary/aromatic N) is 1. The Morgan fingerprint density at radius 3 is 2.81 bits per heavy atom. The van der Waals surface area contributed by atoms with Crippen LogP contribution in [0.3, 0.4) is 0 Å². The van der Waals surface area contributed by atoms with Crippen LogP contribution in [0.15, 0.2) is 18.2 Å². The fraction of sp³-hybridized carbons (Fsp3) is 0.417. The van der Waals surface area contributed by atoms with E-state index in [2.05, 4.69) is 0 Å². The number of aldehydes is 1. The van der Waals surface area contributed by atoms with Crippen LogP contribution in [0.1, 0.15) is 12.5 Å². The Kier molecular flexibility index (Phi) is 4.92. The standard InChI is InChI=1S/C12H16FNO2/c1-3-16-12-5-4-10(8-11(12)13)9-14(2)6-7-15/h4-5,7-8H,3,6,9H2,1-2H3. The Balaban J connectivity index is 2.69. The van der Waals surface area contributed by atoms with Gasteiger partial charge in [0.15, 0.2) is 11.6 Å². The molecule has 0 amide bonds. The maximum atomic E-state index is 13.5. The van der Waals surface area contributed by atoms with Crippen LogP contribution in [0.2, 0.25) is 0 Å². The second kappa shape index (κ2) is 6.23. The molecule has 0 unspecified atom stereocenters. The molecule has 0 aliphatic rings. The first kappa shape index (κ1) is 12.6. The highest BCUT2D eigenvalue weighted by Gasteiger charge is 2.05. The number of hydrogen-bond acceptors (Lipinski definition) is 3. The molecule has 0 radical (unpaired) electrons. The van der Waals surface area contributed by atoms with Gasteiger partial charge in [0.05, 0.1) is 13.2 Å². The predicted octanol–water partition coefficient (Wildman–Crippen LogP) is 1.86. The first-order valence-corrected chi connectivity index (χ1v) is 5.20. The van der Waals surface area contributed by atoms with Crippen LogP contribution in [0.4, 0.5) is 4.39 Å². The van der Waals surface area contributed by atoms with E-state index in [0.29, 0.717) is 19.7 Å². The number of rotatable bonds is 6. The van der Waals surface area contributed by atoms with Crippen LogP contribution in [0.25, 0.3) is 0 Å². The molecule has 1 aromatic carbocycles. The summed E-state index contributed by atoms with van der Waals surface area (Å²) in [6.45, 7) is 3.14. The normalized spacial score (nSPS) is 10.5. The lowest BCUT2D eigenvalue weighted by atomic mass is 10.2. The summed E-state index contributed by atoms with van der Waals surface area (Å²) in [6, 6.07) is 4.85. The summed E-state index contributed by atoms with van der Waals surface area (Å²) in [6.07, 6.45) is 0.824. The molecule has 0 bridgehead atoms. The van der Waals surface area contributed by atoms with Crippen molar-refractivity contribution in [2.24, 2.45) is 0 Å². The lowest BCUT2D eigenvalue weighted by Gasteiger charge is -2.13. The number of hydrogen-bond donors (Lipinski definition) is 0. The van der Waals surface area contributed by atoms with E-state index in [0.717, 1.165) is 11.8 Å². The van der Waals surface area contributed by atoms with Crippen molar-refractivity contribution < 1.29 is 13.9 Å². The smallest absolute Gasteiger partial charge is 0.165 e. The predicted molar refractivity (Wildman–Crippen MR) is 60.0 cm³/mol. The van der Waals surface area contributed by atoms with E-state index >= 15 is 0 Å². The minimum Gasteiger partial charge on any atom is -0.491 e. The van der Waals surface area contributed by atoms with E-state index in [1.165, 1.54) is 6.07 Å². The molecule has 0 saturated heterocycles. The van der Waals surface area contributed by atoms with Gasteiger partial charge in [0.1, 0.15) is 6.29 Å². The molecule has 0 spiro atoms. The van der Waals surface area contributed by atoms with Crippen molar-refractivity contribution in [3.05, 3.63) is 29.6 Å². The van der Waals surface area contributed by atoms with Gasteiger partial charge in [-0.15, -0.1) is 0 Å². The van der Waals surface area contributed by atoms with Crippen molar-refractivity contribution in [3.8, 4) is 5.75 Å². The van der Waals surface area contributed by atoms with Gasteiger partial charge in [-0.1, -0.05) is 6.07 Å². The first-order chi connectivity index (χ1) is 7.67. The van der Waals surface area contributed by atoms with Gasteiger partial charge in [-0.25, -0.2) is 4.39 Å². The molecule has 0 aromatic heterocycles. The van der Waals surface area contributed by atoms with E-state index < -0.39 is 0 Å². The van der Waals surface area contributed by atoms with Gasteiger partial charge in [-0.3, -0.25) is 4.90 Å². The SMILES string of the molecule is CCOc1ccc(CN(C)CC=O)cc1F. The Labute approximate surface area is 94.8 Å². The zero-order valence-corrected chi connectivity index (χ0v) is 9.57. The van der Waals surface area contributed by atoms with E-state index in [9.17, 15) is 9.18 Å². The summed E-state index contributed by atoms with van der Waals surface area (Å²) in [5.41, 5.74) is 0.824. The summed E-state index contributed by atoms with van der Waals surface area (Å²) < 4.78 is 18.6. The summed E-state index contributed by atoms with van der Waals surface area (Å²) in [4.78, 5) is 12.1. The molecule has 0 N–H and O–H groups in total. The Morgan fingerprint density at radius 1 is 1.50 bits per heavy atom. The highest BCUT2D eigenvalue weighted by Crippen LogP contribution is 2.18. The molecule has 0 atom stereocenters. The number of carbonyl (C=O) groups excluding carboxylic acids is 1. The third-order valence-corrected chi connectivity index (χ3v) is 2.13. The fourth-order valence-electron chi connectivity index (χ4n) is 1.42. The zero-order valence-electron chi connectivity index (χ0n) is 9.57. The van der Waals surface area contributed by atoms with Crippen LogP contribution in [-0.4, -0.2) is 31.4 Å². The highest BCUT2D eigenvalue weighted by molar-refractivity contribution is 5.51. The van der Waals surface area contributed by atoms with Gasteiger partial charge >= 0.3 is 0 Å². The summed E-state index contributed by atoms with van der Waals surface area (Å²) in [5.74, 6) is -0.0943. The van der Waals surface area contributed by atoms with E-state index in [-0.39, 0.29) is 11.6 Å². The lowest BCUT2D eigenvalue weighted by Crippen LogP contribution is -2.19. The third-order valence-electron chi connectivity index (χ3n) is 2.13. The van der Waals surface area contributed by atoms with Crippen LogP contribution in [-0.2, 0) is 11.3 Å². The van der Waals surface area contributed by atoms with E-state index in [1.807, 2.05) is 18.9 Å². The van der Waals surface area contributed by atoms with Crippen LogP contribution < -0.4 is 4.74 Å². The van der Waals surface area contributed by atoms with Crippen molar-refractivity contribution >= 4 is 6.29 Å². The lowest BCUT2D eigenvalue weighted by molar-refractivity contribution is -0.108.